The SMILES string of the molecule is CNC(=O)c1nn(CC(=O)N[C@@H](Cc2cc(F)cc(F)c2)c2nc(C#CC(C)(C)O)ccc2-c2ccc(Cl)c3c(NS(C)(=O)=O)nn(C)c23)c2c1[C@H]1CC[C@H]1C2(F)F. The smallest absolute Gasteiger partial charge is 0.293 e. The molecule has 5 aromatic rings. The van der Waals surface area contributed by atoms with E-state index in [0.29, 0.717) is 29.1 Å². The first kappa shape index (κ1) is 40.7. The molecule has 0 spiro atoms. The Morgan fingerprint density at radius 2 is 1.78 bits per heavy atom. The van der Waals surface area contributed by atoms with E-state index in [9.17, 15) is 31.9 Å². The summed E-state index contributed by atoms with van der Waals surface area (Å²) in [5.41, 5.74) is -0.700. The average Bonchev–Trinajstić information content (AvgIpc) is 3.66. The predicted molar refractivity (Wildman–Crippen MR) is 207 cm³/mol. The van der Waals surface area contributed by atoms with Gasteiger partial charge in [0.15, 0.2) is 11.5 Å². The minimum absolute atomic E-state index is 0.0674. The second kappa shape index (κ2) is 14.7. The number of fused-ring (bicyclic) bond motifs is 4. The number of amides is 2. The Hall–Kier alpha value is -5.51. The van der Waals surface area contributed by atoms with Crippen LogP contribution in [0.4, 0.5) is 23.4 Å². The number of carbonyl (C=O) groups is 2. The molecule has 3 aromatic heterocycles. The molecule has 58 heavy (non-hydrogen) atoms. The van der Waals surface area contributed by atoms with Crippen molar-refractivity contribution in [3.8, 4) is 23.0 Å². The molecule has 2 aromatic carbocycles. The number of aromatic nitrogens is 5. The number of halogens is 5. The third-order valence-corrected chi connectivity index (χ3v) is 11.0. The van der Waals surface area contributed by atoms with E-state index in [1.165, 1.54) is 37.7 Å². The predicted octanol–water partition coefficient (Wildman–Crippen LogP) is 5.32. The second-order valence-corrected chi connectivity index (χ2v) is 17.1. The Bertz CT molecular complexity index is 2680. The minimum Gasteiger partial charge on any atom is -0.378 e. The van der Waals surface area contributed by atoms with Gasteiger partial charge in [-0.05, 0) is 80.8 Å². The number of pyridine rings is 1. The lowest BCUT2D eigenvalue weighted by atomic mass is 9.73. The van der Waals surface area contributed by atoms with Gasteiger partial charge in [-0.15, -0.1) is 0 Å². The van der Waals surface area contributed by atoms with Crippen LogP contribution in [0, 0.1) is 29.4 Å². The lowest BCUT2D eigenvalue weighted by Crippen LogP contribution is -2.36. The van der Waals surface area contributed by atoms with Crippen molar-refractivity contribution < 1.29 is 40.7 Å². The summed E-state index contributed by atoms with van der Waals surface area (Å²) in [6.07, 6.45) is 1.33. The highest BCUT2D eigenvalue weighted by molar-refractivity contribution is 7.92. The summed E-state index contributed by atoms with van der Waals surface area (Å²) in [5.74, 6) is -2.93. The van der Waals surface area contributed by atoms with Crippen LogP contribution in [0.25, 0.3) is 22.0 Å². The van der Waals surface area contributed by atoms with Crippen LogP contribution in [-0.4, -0.2) is 68.8 Å². The second-order valence-electron chi connectivity index (χ2n) is 15.0. The van der Waals surface area contributed by atoms with Crippen molar-refractivity contribution in [1.82, 2.24) is 35.2 Å². The Morgan fingerprint density at radius 1 is 1.09 bits per heavy atom. The van der Waals surface area contributed by atoms with Crippen LogP contribution in [-0.2, 0) is 40.8 Å². The van der Waals surface area contributed by atoms with Crippen LogP contribution >= 0.6 is 11.6 Å². The van der Waals surface area contributed by atoms with Crippen LogP contribution in [0.5, 0.6) is 0 Å². The molecule has 13 nitrogen and oxygen atoms in total. The third kappa shape index (κ3) is 7.73. The number of alkyl halides is 2. The van der Waals surface area contributed by atoms with Crippen LogP contribution in [0.1, 0.15) is 77.3 Å². The van der Waals surface area contributed by atoms with Crippen molar-refractivity contribution in [1.29, 1.82) is 0 Å². The first-order valence-corrected chi connectivity index (χ1v) is 20.3. The van der Waals surface area contributed by atoms with E-state index in [-0.39, 0.29) is 57.3 Å². The minimum atomic E-state index is -3.81. The maximum atomic E-state index is 15.8. The molecule has 3 atom stereocenters. The number of nitrogens with zero attached hydrogens (tertiary/aromatic N) is 5. The molecule has 1 saturated carbocycles. The van der Waals surface area contributed by atoms with E-state index in [0.717, 1.165) is 23.1 Å². The molecule has 2 amide bonds. The summed E-state index contributed by atoms with van der Waals surface area (Å²) in [4.78, 5) is 31.7. The molecule has 2 aliphatic carbocycles. The van der Waals surface area contributed by atoms with E-state index >= 15 is 8.78 Å². The zero-order valence-corrected chi connectivity index (χ0v) is 33.3. The normalized spacial score (nSPS) is 17.4. The summed E-state index contributed by atoms with van der Waals surface area (Å²) in [6.45, 7) is 2.16. The number of aryl methyl sites for hydroxylation is 1. The van der Waals surface area contributed by atoms with Gasteiger partial charge in [0.1, 0.15) is 35.2 Å². The maximum Gasteiger partial charge on any atom is 0.293 e. The number of carbonyl (C=O) groups excluding carboxylic acids is 2. The van der Waals surface area contributed by atoms with Gasteiger partial charge in [0.2, 0.25) is 15.9 Å². The van der Waals surface area contributed by atoms with Gasteiger partial charge in [-0.25, -0.2) is 22.2 Å². The zero-order valence-electron chi connectivity index (χ0n) is 31.7. The monoisotopic (exact) mass is 840 g/mol. The fraction of sp³-hybridized carbons (Fsp3) is 0.359. The quantitative estimate of drug-likeness (QED) is 0.108. The van der Waals surface area contributed by atoms with Gasteiger partial charge in [-0.3, -0.25) is 23.7 Å². The molecule has 0 aliphatic heterocycles. The lowest BCUT2D eigenvalue weighted by Gasteiger charge is -2.34. The molecule has 2 aliphatic rings. The number of rotatable bonds is 10. The fourth-order valence-corrected chi connectivity index (χ4v) is 8.42. The Kier molecular flexibility index (Phi) is 10.3. The molecular weight excluding hydrogens is 804 g/mol. The van der Waals surface area contributed by atoms with Gasteiger partial charge in [-0.2, -0.15) is 19.0 Å². The topological polar surface area (TPSA) is 173 Å². The number of nitrogens with one attached hydrogen (secondary N) is 3. The summed E-state index contributed by atoms with van der Waals surface area (Å²) < 4.78 is 90.1. The average molecular weight is 841 g/mol. The first-order valence-electron chi connectivity index (χ1n) is 18.0. The summed E-state index contributed by atoms with van der Waals surface area (Å²) in [6, 6.07) is 7.82. The van der Waals surface area contributed by atoms with E-state index in [4.69, 9.17) is 16.6 Å². The fourth-order valence-electron chi connectivity index (χ4n) is 7.69. The van der Waals surface area contributed by atoms with Gasteiger partial charge >= 0.3 is 0 Å². The molecule has 304 valence electrons. The first-order chi connectivity index (χ1) is 27.1. The molecule has 1 fully saturated rings. The third-order valence-electron chi connectivity index (χ3n) is 10.1. The van der Waals surface area contributed by atoms with E-state index in [2.05, 4.69) is 37.4 Å². The number of aliphatic hydroxyl groups is 1. The number of anilines is 1. The van der Waals surface area contributed by atoms with Crippen molar-refractivity contribution in [2.24, 2.45) is 13.0 Å². The van der Waals surface area contributed by atoms with Crippen LogP contribution in [0.3, 0.4) is 0 Å². The Morgan fingerprint density at radius 3 is 2.40 bits per heavy atom. The number of benzene rings is 2. The highest BCUT2D eigenvalue weighted by Crippen LogP contribution is 2.62. The van der Waals surface area contributed by atoms with Gasteiger partial charge in [0.05, 0.1) is 33.9 Å². The van der Waals surface area contributed by atoms with Crippen LogP contribution < -0.4 is 15.4 Å². The van der Waals surface area contributed by atoms with E-state index < -0.39 is 75.1 Å². The molecule has 0 unspecified atom stereocenters. The highest BCUT2D eigenvalue weighted by atomic mass is 35.5. The van der Waals surface area contributed by atoms with Gasteiger partial charge in [0.25, 0.3) is 11.8 Å². The number of hydrogen-bond acceptors (Lipinski definition) is 8. The molecule has 0 radical (unpaired) electrons. The van der Waals surface area contributed by atoms with Crippen molar-refractivity contribution in [2.75, 3.05) is 18.0 Å². The van der Waals surface area contributed by atoms with Gasteiger partial charge in [0, 0.05) is 42.8 Å². The summed E-state index contributed by atoms with van der Waals surface area (Å²) in [7, 11) is -0.912. The number of hydrogen-bond donors (Lipinski definition) is 4. The summed E-state index contributed by atoms with van der Waals surface area (Å²) >= 11 is 6.61. The van der Waals surface area contributed by atoms with Crippen molar-refractivity contribution >= 4 is 50.2 Å². The largest absolute Gasteiger partial charge is 0.378 e. The van der Waals surface area contributed by atoms with E-state index in [1.54, 1.807) is 19.2 Å². The summed E-state index contributed by atoms with van der Waals surface area (Å²) in [5, 5.41) is 24.5. The van der Waals surface area contributed by atoms with E-state index in [1.807, 2.05) is 0 Å². The van der Waals surface area contributed by atoms with Gasteiger partial charge < -0.3 is 15.7 Å². The molecule has 3 heterocycles. The Balaban J connectivity index is 1.39. The molecular formula is C39H37ClF4N8O5S. The Labute approximate surface area is 335 Å². The molecule has 0 saturated heterocycles. The van der Waals surface area contributed by atoms with Crippen molar-refractivity contribution in [3.05, 3.63) is 93.0 Å². The van der Waals surface area contributed by atoms with Crippen LogP contribution in [0.15, 0.2) is 42.5 Å². The van der Waals surface area contributed by atoms with Crippen molar-refractivity contribution in [3.63, 3.8) is 0 Å². The molecule has 0 bridgehead atoms. The number of sulfonamides is 1. The van der Waals surface area contributed by atoms with Crippen LogP contribution in [0.2, 0.25) is 5.02 Å². The maximum absolute atomic E-state index is 15.8. The zero-order chi connectivity index (χ0) is 42.1. The van der Waals surface area contributed by atoms with Gasteiger partial charge in [-0.1, -0.05) is 23.6 Å². The van der Waals surface area contributed by atoms with Crippen molar-refractivity contribution in [2.45, 2.75) is 63.1 Å². The molecule has 4 N–H and O–H groups in total. The lowest BCUT2D eigenvalue weighted by molar-refractivity contribution is -0.123. The standard InChI is InChI=1S/C39H37ClF4N8O5S/c1-38(2,55)13-12-22-6-7-23(24-9-11-27(40)31-34(24)51(4)49-36(31)50-58(5,56)57)32(46-22)28(16-19-14-20(41)17-21(42)15-19)47-29(53)18-52-35-30(33(48-52)37(54)45-3)25-8-10-26(25)39(35,43)44/h6-7,9,11,14-15,17,25-26,28,55H,8,10,16,18H2,1-5H3,(H,45,54)(H,47,53)(H,49,50)/t25-,26+,28-/m0/s1. The molecule has 19 heteroatoms. The molecule has 7 rings (SSSR count). The highest BCUT2D eigenvalue weighted by Gasteiger charge is 2.62.